The highest BCUT2D eigenvalue weighted by Crippen LogP contribution is 2.11. The van der Waals surface area contributed by atoms with Crippen molar-refractivity contribution >= 4 is 11.8 Å². The maximum atomic E-state index is 5.35. The summed E-state index contributed by atoms with van der Waals surface area (Å²) in [5.74, 6) is 0.779. The quantitative estimate of drug-likeness (QED) is 0.594. The molecule has 0 saturated heterocycles. The standard InChI is InChI=1S/C6H15NOS/c1-6(3-4-7)9-5-8-2/h6H,3-5,7H2,1-2H3. The molecule has 0 saturated carbocycles. The lowest BCUT2D eigenvalue weighted by atomic mass is 10.3. The van der Waals surface area contributed by atoms with Crippen LogP contribution in [0.1, 0.15) is 13.3 Å². The molecule has 1 unspecified atom stereocenters. The second-order valence-corrected chi connectivity index (χ2v) is 3.33. The molecule has 2 nitrogen and oxygen atoms in total. The van der Waals surface area contributed by atoms with E-state index in [-0.39, 0.29) is 0 Å². The van der Waals surface area contributed by atoms with Crippen molar-refractivity contribution in [2.24, 2.45) is 5.73 Å². The number of hydrogen-bond donors (Lipinski definition) is 1. The van der Waals surface area contributed by atoms with Gasteiger partial charge in [0.05, 0.1) is 5.94 Å². The molecule has 0 spiro atoms. The van der Waals surface area contributed by atoms with E-state index < -0.39 is 0 Å². The first-order chi connectivity index (χ1) is 4.31. The molecule has 1 atom stereocenters. The van der Waals surface area contributed by atoms with Crippen LogP contribution in [0.2, 0.25) is 0 Å². The molecule has 0 fully saturated rings. The van der Waals surface area contributed by atoms with E-state index in [2.05, 4.69) is 6.92 Å². The zero-order valence-corrected chi connectivity index (χ0v) is 6.91. The van der Waals surface area contributed by atoms with Gasteiger partial charge < -0.3 is 10.5 Å². The smallest absolute Gasteiger partial charge is 0.0919 e. The number of hydrogen-bond acceptors (Lipinski definition) is 3. The van der Waals surface area contributed by atoms with E-state index in [1.807, 2.05) is 0 Å². The van der Waals surface area contributed by atoms with E-state index in [0.717, 1.165) is 18.9 Å². The molecular formula is C6H15NOS. The Balaban J connectivity index is 2.95. The van der Waals surface area contributed by atoms with Gasteiger partial charge in [0.2, 0.25) is 0 Å². The summed E-state index contributed by atoms with van der Waals surface area (Å²) in [7, 11) is 1.71. The van der Waals surface area contributed by atoms with Crippen LogP contribution in [0, 0.1) is 0 Å². The third kappa shape index (κ3) is 6.15. The van der Waals surface area contributed by atoms with Gasteiger partial charge in [0.25, 0.3) is 0 Å². The Bertz CT molecular complexity index is 61.0. The van der Waals surface area contributed by atoms with Gasteiger partial charge in [-0.1, -0.05) is 6.92 Å². The van der Waals surface area contributed by atoms with Crippen LogP contribution in [0.3, 0.4) is 0 Å². The molecule has 0 aliphatic heterocycles. The minimum atomic E-state index is 0.634. The Morgan fingerprint density at radius 3 is 2.78 bits per heavy atom. The van der Waals surface area contributed by atoms with Crippen molar-refractivity contribution in [3.63, 3.8) is 0 Å². The van der Waals surface area contributed by atoms with Gasteiger partial charge in [-0.05, 0) is 13.0 Å². The van der Waals surface area contributed by atoms with Crippen molar-refractivity contribution in [2.45, 2.75) is 18.6 Å². The monoisotopic (exact) mass is 149 g/mol. The van der Waals surface area contributed by atoms with Crippen LogP contribution in [-0.2, 0) is 4.74 Å². The SMILES string of the molecule is COCSC(C)CCN. The van der Waals surface area contributed by atoms with Gasteiger partial charge in [0, 0.05) is 12.4 Å². The minimum Gasteiger partial charge on any atom is -0.374 e. The zero-order valence-electron chi connectivity index (χ0n) is 6.09. The average molecular weight is 149 g/mol. The van der Waals surface area contributed by atoms with Crippen molar-refractivity contribution in [3.05, 3.63) is 0 Å². The molecule has 2 N–H and O–H groups in total. The number of ether oxygens (including phenoxy) is 1. The van der Waals surface area contributed by atoms with E-state index in [1.165, 1.54) is 0 Å². The normalized spacial score (nSPS) is 13.7. The van der Waals surface area contributed by atoms with Gasteiger partial charge in [0.1, 0.15) is 0 Å². The van der Waals surface area contributed by atoms with E-state index in [1.54, 1.807) is 18.9 Å². The summed E-state index contributed by atoms with van der Waals surface area (Å²) in [5, 5.41) is 0.634. The Morgan fingerprint density at radius 1 is 1.67 bits per heavy atom. The Morgan fingerprint density at radius 2 is 2.33 bits per heavy atom. The first kappa shape index (κ1) is 9.27. The van der Waals surface area contributed by atoms with Gasteiger partial charge in [-0.15, -0.1) is 11.8 Å². The van der Waals surface area contributed by atoms with Crippen molar-refractivity contribution in [1.82, 2.24) is 0 Å². The molecule has 56 valence electrons. The first-order valence-corrected chi connectivity index (χ1v) is 4.16. The second kappa shape index (κ2) is 6.39. The summed E-state index contributed by atoms with van der Waals surface area (Å²) in [6, 6.07) is 0. The van der Waals surface area contributed by atoms with Crippen LogP contribution in [0.4, 0.5) is 0 Å². The topological polar surface area (TPSA) is 35.2 Å². The van der Waals surface area contributed by atoms with Crippen molar-refractivity contribution < 1.29 is 4.74 Å². The van der Waals surface area contributed by atoms with E-state index in [0.29, 0.717) is 5.25 Å². The Kier molecular flexibility index (Phi) is 6.58. The van der Waals surface area contributed by atoms with Crippen LogP contribution in [0.15, 0.2) is 0 Å². The van der Waals surface area contributed by atoms with Crippen LogP contribution in [-0.4, -0.2) is 24.8 Å². The predicted molar refractivity (Wildman–Crippen MR) is 42.6 cm³/mol. The lowest BCUT2D eigenvalue weighted by molar-refractivity contribution is 0.258. The maximum absolute atomic E-state index is 5.35. The lowest BCUT2D eigenvalue weighted by Crippen LogP contribution is -2.07. The van der Waals surface area contributed by atoms with Crippen molar-refractivity contribution in [2.75, 3.05) is 19.6 Å². The van der Waals surface area contributed by atoms with Crippen LogP contribution in [0.25, 0.3) is 0 Å². The van der Waals surface area contributed by atoms with Crippen molar-refractivity contribution in [3.8, 4) is 0 Å². The summed E-state index contributed by atoms with van der Waals surface area (Å²) in [5.41, 5.74) is 5.35. The number of methoxy groups -OCH3 is 1. The van der Waals surface area contributed by atoms with Gasteiger partial charge >= 0.3 is 0 Å². The summed E-state index contributed by atoms with van der Waals surface area (Å²) in [6.45, 7) is 2.94. The third-order valence-electron chi connectivity index (χ3n) is 1.04. The zero-order chi connectivity index (χ0) is 7.11. The molecule has 0 bridgehead atoms. The fourth-order valence-corrected chi connectivity index (χ4v) is 1.17. The fourth-order valence-electron chi connectivity index (χ4n) is 0.502. The maximum Gasteiger partial charge on any atom is 0.0919 e. The highest BCUT2D eigenvalue weighted by Gasteiger charge is 1.98. The molecule has 0 aliphatic rings. The molecular weight excluding hydrogens is 134 g/mol. The van der Waals surface area contributed by atoms with Crippen LogP contribution >= 0.6 is 11.8 Å². The highest BCUT2D eigenvalue weighted by atomic mass is 32.2. The van der Waals surface area contributed by atoms with Crippen LogP contribution in [0.5, 0.6) is 0 Å². The molecule has 0 rings (SSSR count). The largest absolute Gasteiger partial charge is 0.374 e. The lowest BCUT2D eigenvalue weighted by Gasteiger charge is -2.07. The Hall–Kier alpha value is 0.270. The summed E-state index contributed by atoms with van der Waals surface area (Å²) >= 11 is 1.80. The first-order valence-electron chi connectivity index (χ1n) is 3.12. The average Bonchev–Trinajstić information content (AvgIpc) is 1.85. The highest BCUT2D eigenvalue weighted by molar-refractivity contribution is 7.99. The fraction of sp³-hybridized carbons (Fsp3) is 1.00. The Labute approximate surface area is 61.1 Å². The molecule has 0 amide bonds. The minimum absolute atomic E-state index is 0.634. The van der Waals surface area contributed by atoms with E-state index in [4.69, 9.17) is 10.5 Å². The summed E-state index contributed by atoms with van der Waals surface area (Å²) < 4.78 is 4.88. The van der Waals surface area contributed by atoms with Gasteiger partial charge in [-0.25, -0.2) is 0 Å². The molecule has 0 heterocycles. The number of rotatable bonds is 5. The number of nitrogens with two attached hydrogens (primary N) is 1. The van der Waals surface area contributed by atoms with Crippen LogP contribution < -0.4 is 5.73 Å². The summed E-state index contributed by atoms with van der Waals surface area (Å²) in [4.78, 5) is 0. The molecule has 0 aromatic carbocycles. The molecule has 9 heavy (non-hydrogen) atoms. The molecule has 0 aliphatic carbocycles. The second-order valence-electron chi connectivity index (χ2n) is 1.96. The van der Waals surface area contributed by atoms with Gasteiger partial charge in [-0.3, -0.25) is 0 Å². The third-order valence-corrected chi connectivity index (χ3v) is 2.22. The molecule has 0 aromatic heterocycles. The van der Waals surface area contributed by atoms with Gasteiger partial charge in [-0.2, -0.15) is 0 Å². The molecule has 0 aromatic rings. The van der Waals surface area contributed by atoms with E-state index >= 15 is 0 Å². The number of thioether (sulfide) groups is 1. The predicted octanol–water partition coefficient (Wildman–Crippen LogP) is 1.06. The molecule has 0 radical (unpaired) electrons. The molecule has 3 heteroatoms. The summed E-state index contributed by atoms with van der Waals surface area (Å²) in [6.07, 6.45) is 1.08. The van der Waals surface area contributed by atoms with Crippen molar-refractivity contribution in [1.29, 1.82) is 0 Å². The van der Waals surface area contributed by atoms with Gasteiger partial charge in [0.15, 0.2) is 0 Å². The van der Waals surface area contributed by atoms with E-state index in [9.17, 15) is 0 Å².